The van der Waals surface area contributed by atoms with Crippen LogP contribution in [0.2, 0.25) is 0 Å². The topological polar surface area (TPSA) is 38.7 Å². The first-order valence-corrected chi connectivity index (χ1v) is 21.9. The molecule has 0 atom stereocenters. The molecule has 9 aromatic carbocycles. The molecule has 1 spiro atoms. The molecule has 0 amide bonds. The summed E-state index contributed by atoms with van der Waals surface area (Å²) >= 11 is 1.84. The molecule has 0 saturated carbocycles. The summed E-state index contributed by atoms with van der Waals surface area (Å²) in [7, 11) is 0. The lowest BCUT2D eigenvalue weighted by Crippen LogP contribution is -2.26. The molecule has 0 radical (unpaired) electrons. The fraction of sp³-hybridized carbons (Fsp3) is 0.0172. The van der Waals surface area contributed by atoms with Crippen LogP contribution in [0, 0.1) is 0 Å². The van der Waals surface area contributed by atoms with Crippen LogP contribution >= 0.6 is 11.3 Å². The molecule has 62 heavy (non-hydrogen) atoms. The van der Waals surface area contributed by atoms with Crippen LogP contribution in [-0.4, -0.2) is 15.0 Å². The van der Waals surface area contributed by atoms with Crippen LogP contribution in [0.3, 0.4) is 0 Å². The molecular formula is C58H35N3S. The molecule has 13 rings (SSSR count). The Hall–Kier alpha value is -7.79. The molecule has 3 nitrogen and oxygen atoms in total. The first-order valence-electron chi connectivity index (χ1n) is 21.1. The van der Waals surface area contributed by atoms with E-state index in [0.717, 1.165) is 27.8 Å². The SMILES string of the molecule is c1ccc(-c2nc(-c3ccc(-c4cccc5c4C4(c6ccccc6-c6ccccc64)c4ccccc4-5)cc3)nc(-c3cccc(-c4ccc5c(c4)sc4ccccc45)c3)n2)cc1. The van der Waals surface area contributed by atoms with Crippen LogP contribution < -0.4 is 0 Å². The van der Waals surface area contributed by atoms with E-state index >= 15 is 0 Å². The van der Waals surface area contributed by atoms with Crippen LogP contribution in [0.4, 0.5) is 0 Å². The zero-order chi connectivity index (χ0) is 40.8. The van der Waals surface area contributed by atoms with E-state index in [1.165, 1.54) is 75.8 Å². The van der Waals surface area contributed by atoms with Gasteiger partial charge in [-0.3, -0.25) is 0 Å². The Bertz CT molecular complexity index is 3520. The van der Waals surface area contributed by atoms with Gasteiger partial charge in [-0.1, -0.05) is 194 Å². The molecule has 2 heterocycles. The monoisotopic (exact) mass is 805 g/mol. The lowest BCUT2D eigenvalue weighted by Gasteiger charge is -2.32. The van der Waals surface area contributed by atoms with E-state index in [0.29, 0.717) is 17.5 Å². The quantitative estimate of drug-likeness (QED) is 0.174. The molecule has 2 aliphatic rings. The van der Waals surface area contributed by atoms with E-state index in [1.54, 1.807) is 0 Å². The van der Waals surface area contributed by atoms with Gasteiger partial charge in [-0.15, -0.1) is 11.3 Å². The predicted octanol–water partition coefficient (Wildman–Crippen LogP) is 14.9. The molecule has 0 N–H and O–H groups in total. The summed E-state index contributed by atoms with van der Waals surface area (Å²) in [6.07, 6.45) is 0. The summed E-state index contributed by atoms with van der Waals surface area (Å²) in [5.74, 6) is 1.92. The smallest absolute Gasteiger partial charge is 0.164 e. The second-order valence-electron chi connectivity index (χ2n) is 16.3. The number of rotatable bonds is 5. The van der Waals surface area contributed by atoms with E-state index in [2.05, 4.69) is 194 Å². The number of thiophene rings is 1. The summed E-state index contributed by atoms with van der Waals surface area (Å²) < 4.78 is 2.59. The zero-order valence-corrected chi connectivity index (χ0v) is 34.3. The Kier molecular flexibility index (Phi) is 7.69. The molecule has 0 bridgehead atoms. The minimum Gasteiger partial charge on any atom is -0.208 e. The van der Waals surface area contributed by atoms with E-state index in [9.17, 15) is 0 Å². The maximum atomic E-state index is 5.19. The second kappa shape index (κ2) is 13.6. The van der Waals surface area contributed by atoms with Crippen molar-refractivity contribution >= 4 is 31.5 Å². The summed E-state index contributed by atoms with van der Waals surface area (Å²) in [5, 5.41) is 2.60. The second-order valence-corrected chi connectivity index (χ2v) is 17.3. The molecule has 0 saturated heterocycles. The molecule has 11 aromatic rings. The lowest BCUT2D eigenvalue weighted by atomic mass is 9.68. The number of hydrogen-bond donors (Lipinski definition) is 0. The van der Waals surface area contributed by atoms with Crippen LogP contribution in [0.5, 0.6) is 0 Å². The summed E-state index contributed by atoms with van der Waals surface area (Å²) in [5.41, 5.74) is 17.6. The zero-order valence-electron chi connectivity index (χ0n) is 33.5. The van der Waals surface area contributed by atoms with Gasteiger partial charge in [0.05, 0.1) is 5.41 Å². The van der Waals surface area contributed by atoms with Crippen molar-refractivity contribution in [2.24, 2.45) is 0 Å². The van der Waals surface area contributed by atoms with Gasteiger partial charge in [0.15, 0.2) is 17.5 Å². The van der Waals surface area contributed by atoms with Crippen molar-refractivity contribution in [3.05, 3.63) is 235 Å². The van der Waals surface area contributed by atoms with Crippen LogP contribution in [-0.2, 0) is 5.41 Å². The number of fused-ring (bicyclic) bond motifs is 13. The Labute approximate surface area is 363 Å². The predicted molar refractivity (Wildman–Crippen MR) is 256 cm³/mol. The number of aromatic nitrogens is 3. The first kappa shape index (κ1) is 35.0. The highest BCUT2D eigenvalue weighted by molar-refractivity contribution is 7.25. The van der Waals surface area contributed by atoms with Crippen molar-refractivity contribution in [3.63, 3.8) is 0 Å². The Balaban J connectivity index is 0.931. The number of benzene rings is 9. The van der Waals surface area contributed by atoms with Crippen molar-refractivity contribution in [3.8, 4) is 78.7 Å². The molecule has 2 aromatic heterocycles. The fourth-order valence-corrected chi connectivity index (χ4v) is 11.4. The molecule has 2 aliphatic carbocycles. The van der Waals surface area contributed by atoms with Crippen molar-refractivity contribution in [1.29, 1.82) is 0 Å². The number of hydrogen-bond acceptors (Lipinski definition) is 4. The summed E-state index contributed by atoms with van der Waals surface area (Å²) in [6, 6.07) is 76.8. The van der Waals surface area contributed by atoms with Gasteiger partial charge in [-0.25, -0.2) is 15.0 Å². The largest absolute Gasteiger partial charge is 0.208 e. The maximum absolute atomic E-state index is 5.19. The molecule has 0 fully saturated rings. The Morgan fingerprint density at radius 1 is 0.290 bits per heavy atom. The minimum absolute atomic E-state index is 0.430. The van der Waals surface area contributed by atoms with Gasteiger partial charge in [0, 0.05) is 36.9 Å². The highest BCUT2D eigenvalue weighted by Gasteiger charge is 2.52. The average Bonchev–Trinajstić information content (AvgIpc) is 3.98. The van der Waals surface area contributed by atoms with Gasteiger partial charge in [0.25, 0.3) is 0 Å². The van der Waals surface area contributed by atoms with E-state index in [4.69, 9.17) is 15.0 Å². The molecular weight excluding hydrogens is 771 g/mol. The summed E-state index contributed by atoms with van der Waals surface area (Å²) in [6.45, 7) is 0. The van der Waals surface area contributed by atoms with Gasteiger partial charge in [0.1, 0.15) is 0 Å². The molecule has 0 unspecified atom stereocenters. The third kappa shape index (κ3) is 5.14. The van der Waals surface area contributed by atoms with Gasteiger partial charge < -0.3 is 0 Å². The van der Waals surface area contributed by atoms with Crippen LogP contribution in [0.25, 0.3) is 98.8 Å². The standard InChI is InChI=1S/C58H35N3S/c1-2-14-37(15-3-1)55-59-56(61-57(60-55)41-17-12-16-39(34-41)40-32-33-47-46-21-7-11-27-52(46)62-53(47)35-40)38-30-28-36(29-31-38)42-22-13-23-48-45-20-6-10-26-51(45)58(54(42)48)49-24-8-4-18-43(49)44-19-5-9-25-50(44)58/h1-35H. The first-order chi connectivity index (χ1) is 30.7. The Morgan fingerprint density at radius 3 is 1.45 bits per heavy atom. The summed E-state index contributed by atoms with van der Waals surface area (Å²) in [4.78, 5) is 15.4. The van der Waals surface area contributed by atoms with Crippen LogP contribution in [0.1, 0.15) is 22.3 Å². The van der Waals surface area contributed by atoms with Gasteiger partial charge in [-0.05, 0) is 85.0 Å². The fourth-order valence-electron chi connectivity index (χ4n) is 10.3. The van der Waals surface area contributed by atoms with E-state index < -0.39 is 5.41 Å². The van der Waals surface area contributed by atoms with Gasteiger partial charge in [-0.2, -0.15) is 0 Å². The molecule has 0 aliphatic heterocycles. The van der Waals surface area contributed by atoms with Crippen molar-refractivity contribution in [2.45, 2.75) is 5.41 Å². The highest BCUT2D eigenvalue weighted by Crippen LogP contribution is 2.64. The van der Waals surface area contributed by atoms with Gasteiger partial charge >= 0.3 is 0 Å². The lowest BCUT2D eigenvalue weighted by molar-refractivity contribution is 0.796. The van der Waals surface area contributed by atoms with Crippen molar-refractivity contribution < 1.29 is 0 Å². The normalized spacial score (nSPS) is 13.0. The van der Waals surface area contributed by atoms with E-state index in [1.807, 2.05) is 29.5 Å². The molecule has 4 heteroatoms. The Morgan fingerprint density at radius 2 is 0.742 bits per heavy atom. The van der Waals surface area contributed by atoms with Crippen molar-refractivity contribution in [2.75, 3.05) is 0 Å². The van der Waals surface area contributed by atoms with Crippen molar-refractivity contribution in [1.82, 2.24) is 15.0 Å². The molecule has 288 valence electrons. The van der Waals surface area contributed by atoms with E-state index in [-0.39, 0.29) is 0 Å². The maximum Gasteiger partial charge on any atom is 0.164 e. The third-order valence-electron chi connectivity index (χ3n) is 13.0. The van der Waals surface area contributed by atoms with Gasteiger partial charge in [0.2, 0.25) is 0 Å². The van der Waals surface area contributed by atoms with Crippen LogP contribution in [0.15, 0.2) is 212 Å². The highest BCUT2D eigenvalue weighted by atomic mass is 32.1. The third-order valence-corrected chi connectivity index (χ3v) is 14.1. The number of nitrogens with zero attached hydrogens (tertiary/aromatic N) is 3. The average molecular weight is 806 g/mol. The minimum atomic E-state index is -0.430.